The van der Waals surface area contributed by atoms with Crippen molar-refractivity contribution in [2.45, 2.75) is 39.3 Å². The molecule has 0 spiro atoms. The monoisotopic (exact) mass is 267 g/mol. The van der Waals surface area contributed by atoms with Crippen LogP contribution in [0.3, 0.4) is 0 Å². The Morgan fingerprint density at radius 2 is 1.25 bits per heavy atom. The van der Waals surface area contributed by atoms with Gasteiger partial charge in [0.25, 0.3) is 0 Å². The summed E-state index contributed by atoms with van der Waals surface area (Å²) in [6.45, 7) is 6.81. The fourth-order valence-electron chi connectivity index (χ4n) is 2.60. The van der Waals surface area contributed by atoms with Gasteiger partial charge in [-0.15, -0.1) is 0 Å². The van der Waals surface area contributed by atoms with Crippen molar-refractivity contribution in [2.24, 2.45) is 5.92 Å². The van der Waals surface area contributed by atoms with E-state index < -0.39 is 0 Å². The van der Waals surface area contributed by atoms with Gasteiger partial charge < -0.3 is 5.32 Å². The zero-order valence-corrected chi connectivity index (χ0v) is 12.7. The van der Waals surface area contributed by atoms with Crippen LogP contribution < -0.4 is 5.32 Å². The van der Waals surface area contributed by atoms with Crippen LogP contribution in [-0.4, -0.2) is 0 Å². The minimum Gasteiger partial charge on any atom is -0.303 e. The molecule has 1 nitrogen and oxygen atoms in total. The summed E-state index contributed by atoms with van der Waals surface area (Å²) in [4.78, 5) is 0. The van der Waals surface area contributed by atoms with Crippen LogP contribution in [0.1, 0.15) is 50.4 Å². The van der Waals surface area contributed by atoms with Gasteiger partial charge in [0.15, 0.2) is 0 Å². The van der Waals surface area contributed by atoms with Gasteiger partial charge in [0.2, 0.25) is 0 Å². The van der Waals surface area contributed by atoms with E-state index in [1.54, 1.807) is 0 Å². The maximum Gasteiger partial charge on any atom is 0.0328 e. The summed E-state index contributed by atoms with van der Waals surface area (Å²) in [7, 11) is 0. The van der Waals surface area contributed by atoms with Crippen LogP contribution >= 0.6 is 0 Å². The van der Waals surface area contributed by atoms with Gasteiger partial charge in [-0.2, -0.15) is 0 Å². The third-order valence-corrected chi connectivity index (χ3v) is 3.66. The van der Waals surface area contributed by atoms with E-state index in [0.29, 0.717) is 18.0 Å². The molecule has 0 aromatic heterocycles. The minimum atomic E-state index is 0.361. The lowest BCUT2D eigenvalue weighted by Gasteiger charge is -2.25. The first-order chi connectivity index (χ1) is 9.66. The summed E-state index contributed by atoms with van der Waals surface area (Å²) in [6, 6.07) is 22.2. The molecule has 0 amide bonds. The first-order valence-corrected chi connectivity index (χ1v) is 7.52. The third kappa shape index (κ3) is 4.21. The summed E-state index contributed by atoms with van der Waals surface area (Å²) < 4.78 is 0. The summed E-state index contributed by atoms with van der Waals surface area (Å²) >= 11 is 0. The molecule has 0 aliphatic heterocycles. The Bertz CT molecular complexity index is 490. The third-order valence-electron chi connectivity index (χ3n) is 3.66. The molecular weight excluding hydrogens is 242 g/mol. The Hall–Kier alpha value is -1.60. The molecule has 1 unspecified atom stereocenters. The first-order valence-electron chi connectivity index (χ1n) is 7.52. The molecule has 1 N–H and O–H groups in total. The highest BCUT2D eigenvalue weighted by Crippen LogP contribution is 2.25. The van der Waals surface area contributed by atoms with Crippen LogP contribution in [0.4, 0.5) is 0 Å². The number of hydrogen-bond acceptors (Lipinski definition) is 1. The molecule has 0 aliphatic carbocycles. The summed E-state index contributed by atoms with van der Waals surface area (Å²) in [5, 5.41) is 3.78. The second-order valence-electron chi connectivity index (χ2n) is 5.89. The van der Waals surface area contributed by atoms with E-state index in [-0.39, 0.29) is 0 Å². The topological polar surface area (TPSA) is 12.0 Å². The Kier molecular flexibility index (Phi) is 5.37. The van der Waals surface area contributed by atoms with Gasteiger partial charge in [0.05, 0.1) is 0 Å². The number of rotatable bonds is 6. The molecule has 0 aliphatic rings. The molecule has 20 heavy (non-hydrogen) atoms. The van der Waals surface area contributed by atoms with Crippen molar-refractivity contribution in [3.8, 4) is 0 Å². The Balaban J connectivity index is 2.12. The van der Waals surface area contributed by atoms with E-state index in [9.17, 15) is 0 Å². The molecule has 2 aromatic carbocycles. The second kappa shape index (κ2) is 7.25. The van der Waals surface area contributed by atoms with E-state index >= 15 is 0 Å². The van der Waals surface area contributed by atoms with Crippen molar-refractivity contribution < 1.29 is 0 Å². The predicted molar refractivity (Wildman–Crippen MR) is 86.6 cm³/mol. The molecule has 1 heteroatoms. The van der Waals surface area contributed by atoms with E-state index in [1.165, 1.54) is 11.1 Å². The van der Waals surface area contributed by atoms with Crippen LogP contribution in [0.5, 0.6) is 0 Å². The van der Waals surface area contributed by atoms with Crippen LogP contribution in [0.15, 0.2) is 60.7 Å². The van der Waals surface area contributed by atoms with E-state index in [1.807, 2.05) is 0 Å². The molecule has 0 fully saturated rings. The molecule has 0 bridgehead atoms. The second-order valence-corrected chi connectivity index (χ2v) is 5.89. The molecule has 2 aromatic rings. The molecule has 2 rings (SSSR count). The molecule has 0 radical (unpaired) electrons. The van der Waals surface area contributed by atoms with Crippen molar-refractivity contribution in [1.82, 2.24) is 5.32 Å². The molecular formula is C19H25N. The molecule has 2 atom stereocenters. The van der Waals surface area contributed by atoms with Crippen molar-refractivity contribution in [2.75, 3.05) is 0 Å². The molecule has 0 heterocycles. The van der Waals surface area contributed by atoms with Crippen LogP contribution in [0, 0.1) is 5.92 Å². The summed E-state index contributed by atoms with van der Waals surface area (Å²) in [6.07, 6.45) is 1.15. The Labute approximate surface area is 123 Å². The van der Waals surface area contributed by atoms with Crippen molar-refractivity contribution >= 4 is 0 Å². The van der Waals surface area contributed by atoms with E-state index in [4.69, 9.17) is 0 Å². The van der Waals surface area contributed by atoms with E-state index in [2.05, 4.69) is 86.8 Å². The van der Waals surface area contributed by atoms with Gasteiger partial charge in [-0.3, -0.25) is 0 Å². The first kappa shape index (κ1) is 14.8. The largest absolute Gasteiger partial charge is 0.303 e. The maximum absolute atomic E-state index is 3.78. The summed E-state index contributed by atoms with van der Waals surface area (Å²) in [5.74, 6) is 0.677. The zero-order chi connectivity index (χ0) is 14.4. The van der Waals surface area contributed by atoms with E-state index in [0.717, 1.165) is 6.42 Å². The highest BCUT2D eigenvalue weighted by molar-refractivity contribution is 5.22. The standard InChI is InChI=1S/C19H25N/c1-15(2)14-19(18-12-8-5-9-13-18)20-16(3)17-10-6-4-7-11-17/h4-13,15-16,19-20H,14H2,1-3H3/t16-,19?/m1/s1. The zero-order valence-electron chi connectivity index (χ0n) is 12.7. The van der Waals surface area contributed by atoms with Crippen LogP contribution in [-0.2, 0) is 0 Å². The summed E-state index contributed by atoms with van der Waals surface area (Å²) in [5.41, 5.74) is 2.72. The molecule has 0 saturated carbocycles. The lowest BCUT2D eigenvalue weighted by atomic mass is 9.95. The van der Waals surface area contributed by atoms with Crippen LogP contribution in [0.2, 0.25) is 0 Å². The molecule has 0 saturated heterocycles. The van der Waals surface area contributed by atoms with Gasteiger partial charge in [-0.25, -0.2) is 0 Å². The average Bonchev–Trinajstić information content (AvgIpc) is 2.48. The predicted octanol–water partition coefficient (Wildman–Crippen LogP) is 5.12. The highest BCUT2D eigenvalue weighted by Gasteiger charge is 2.16. The number of benzene rings is 2. The smallest absolute Gasteiger partial charge is 0.0328 e. The van der Waals surface area contributed by atoms with Gasteiger partial charge in [0, 0.05) is 12.1 Å². The van der Waals surface area contributed by atoms with Crippen molar-refractivity contribution in [3.05, 3.63) is 71.8 Å². The quantitative estimate of drug-likeness (QED) is 0.765. The van der Waals surface area contributed by atoms with Gasteiger partial charge >= 0.3 is 0 Å². The fraction of sp³-hybridized carbons (Fsp3) is 0.368. The lowest BCUT2D eigenvalue weighted by Crippen LogP contribution is -2.25. The SMILES string of the molecule is CC(C)CC(N[C@H](C)c1ccccc1)c1ccccc1. The Morgan fingerprint density at radius 1 is 0.750 bits per heavy atom. The van der Waals surface area contributed by atoms with Gasteiger partial charge in [-0.05, 0) is 30.4 Å². The minimum absolute atomic E-state index is 0.361. The average molecular weight is 267 g/mol. The van der Waals surface area contributed by atoms with Gasteiger partial charge in [0.1, 0.15) is 0 Å². The molecule has 106 valence electrons. The highest BCUT2D eigenvalue weighted by atomic mass is 14.9. The fourth-order valence-corrected chi connectivity index (χ4v) is 2.60. The van der Waals surface area contributed by atoms with Crippen molar-refractivity contribution in [3.63, 3.8) is 0 Å². The number of hydrogen-bond donors (Lipinski definition) is 1. The Morgan fingerprint density at radius 3 is 1.75 bits per heavy atom. The van der Waals surface area contributed by atoms with Crippen LogP contribution in [0.25, 0.3) is 0 Å². The number of nitrogens with one attached hydrogen (secondary N) is 1. The normalized spacial score (nSPS) is 14.2. The maximum atomic E-state index is 3.78. The van der Waals surface area contributed by atoms with Crippen molar-refractivity contribution in [1.29, 1.82) is 0 Å². The van der Waals surface area contributed by atoms with Gasteiger partial charge in [-0.1, -0.05) is 74.5 Å². The lowest BCUT2D eigenvalue weighted by molar-refractivity contribution is 0.394.